The molecule has 0 saturated heterocycles. The van der Waals surface area contributed by atoms with Crippen LogP contribution in [0.5, 0.6) is 0 Å². The van der Waals surface area contributed by atoms with Gasteiger partial charge in [-0.05, 0) is 12.1 Å². The van der Waals surface area contributed by atoms with Gasteiger partial charge in [0.05, 0.1) is 17.6 Å². The molecule has 18 heavy (non-hydrogen) atoms. The summed E-state index contributed by atoms with van der Waals surface area (Å²) in [6, 6.07) is 4.16. The van der Waals surface area contributed by atoms with Gasteiger partial charge in [-0.3, -0.25) is 4.79 Å². The number of anilines is 1. The van der Waals surface area contributed by atoms with Crippen molar-refractivity contribution in [1.82, 2.24) is 15.3 Å². The number of para-hydroxylation sites is 1. The second-order valence-corrected chi connectivity index (χ2v) is 3.78. The Morgan fingerprint density at radius 3 is 3.06 bits per heavy atom. The number of hydrogen-bond donors (Lipinski definition) is 3. The number of imidazole rings is 1. The molecular formula is C12H13FN4O. The highest BCUT2D eigenvalue weighted by atomic mass is 19.1. The van der Waals surface area contributed by atoms with Crippen LogP contribution in [0.3, 0.4) is 0 Å². The van der Waals surface area contributed by atoms with Crippen molar-refractivity contribution in [1.29, 1.82) is 0 Å². The van der Waals surface area contributed by atoms with E-state index in [4.69, 9.17) is 5.73 Å². The van der Waals surface area contributed by atoms with Crippen LogP contribution in [-0.2, 0) is 6.42 Å². The molecule has 94 valence electrons. The number of nitrogens with zero attached hydrogens (tertiary/aromatic N) is 1. The third kappa shape index (κ3) is 2.65. The standard InChI is InChI=1S/C12H13FN4O/c13-10-3-1-2-9(11(10)14)12(18)16-5-4-8-6-15-7-17-8/h1-3,6-7H,4-5,14H2,(H,15,17)(H,16,18). The van der Waals surface area contributed by atoms with Gasteiger partial charge in [-0.1, -0.05) is 6.07 Å². The molecule has 0 bridgehead atoms. The molecule has 2 aromatic rings. The Kier molecular flexibility index (Phi) is 3.57. The monoisotopic (exact) mass is 248 g/mol. The van der Waals surface area contributed by atoms with Crippen molar-refractivity contribution in [3.05, 3.63) is 47.8 Å². The average Bonchev–Trinajstić information content (AvgIpc) is 2.85. The first-order valence-electron chi connectivity index (χ1n) is 5.48. The van der Waals surface area contributed by atoms with E-state index in [9.17, 15) is 9.18 Å². The van der Waals surface area contributed by atoms with E-state index in [2.05, 4.69) is 15.3 Å². The van der Waals surface area contributed by atoms with Gasteiger partial charge in [-0.2, -0.15) is 0 Å². The van der Waals surface area contributed by atoms with Crippen molar-refractivity contribution < 1.29 is 9.18 Å². The fraction of sp³-hybridized carbons (Fsp3) is 0.167. The molecule has 0 saturated carbocycles. The molecule has 0 fully saturated rings. The Labute approximate surface area is 103 Å². The molecule has 5 nitrogen and oxygen atoms in total. The third-order valence-electron chi connectivity index (χ3n) is 2.53. The number of rotatable bonds is 4. The van der Waals surface area contributed by atoms with Gasteiger partial charge >= 0.3 is 0 Å². The van der Waals surface area contributed by atoms with Crippen LogP contribution in [0, 0.1) is 5.82 Å². The zero-order chi connectivity index (χ0) is 13.0. The topological polar surface area (TPSA) is 83.8 Å². The number of H-pyrrole nitrogens is 1. The molecule has 0 unspecified atom stereocenters. The van der Waals surface area contributed by atoms with E-state index in [0.717, 1.165) is 5.69 Å². The summed E-state index contributed by atoms with van der Waals surface area (Å²) < 4.78 is 13.2. The Hall–Kier alpha value is -2.37. The minimum Gasteiger partial charge on any atom is -0.396 e. The summed E-state index contributed by atoms with van der Waals surface area (Å²) >= 11 is 0. The Morgan fingerprint density at radius 2 is 2.33 bits per heavy atom. The number of hydrogen-bond acceptors (Lipinski definition) is 3. The van der Waals surface area contributed by atoms with Crippen molar-refractivity contribution in [2.45, 2.75) is 6.42 Å². The third-order valence-corrected chi connectivity index (χ3v) is 2.53. The maximum Gasteiger partial charge on any atom is 0.253 e. The zero-order valence-electron chi connectivity index (χ0n) is 9.61. The number of amides is 1. The van der Waals surface area contributed by atoms with E-state index in [0.29, 0.717) is 13.0 Å². The maximum atomic E-state index is 13.2. The number of aromatic nitrogens is 2. The first-order chi connectivity index (χ1) is 8.68. The molecule has 2 rings (SSSR count). The van der Waals surface area contributed by atoms with Crippen LogP contribution in [-0.4, -0.2) is 22.4 Å². The van der Waals surface area contributed by atoms with Crippen LogP contribution in [0.4, 0.5) is 10.1 Å². The van der Waals surface area contributed by atoms with Crippen LogP contribution in [0.25, 0.3) is 0 Å². The summed E-state index contributed by atoms with van der Waals surface area (Å²) in [7, 11) is 0. The fourth-order valence-corrected chi connectivity index (χ4v) is 1.56. The number of aromatic amines is 1. The Bertz CT molecular complexity index is 539. The molecular weight excluding hydrogens is 235 g/mol. The lowest BCUT2D eigenvalue weighted by Gasteiger charge is -2.07. The van der Waals surface area contributed by atoms with Gasteiger partial charge < -0.3 is 16.0 Å². The largest absolute Gasteiger partial charge is 0.396 e. The summed E-state index contributed by atoms with van der Waals surface area (Å²) in [6.45, 7) is 0.428. The van der Waals surface area contributed by atoms with Gasteiger partial charge in [-0.25, -0.2) is 9.37 Å². The van der Waals surface area contributed by atoms with Crippen molar-refractivity contribution in [2.75, 3.05) is 12.3 Å². The summed E-state index contributed by atoms with van der Waals surface area (Å²) in [5.74, 6) is -0.970. The molecule has 0 spiro atoms. The molecule has 1 aromatic carbocycles. The molecule has 1 aromatic heterocycles. The summed E-state index contributed by atoms with van der Waals surface area (Å²) in [5.41, 5.74) is 6.44. The number of nitrogen functional groups attached to an aromatic ring is 1. The van der Waals surface area contributed by atoms with Crippen LogP contribution in [0.2, 0.25) is 0 Å². The van der Waals surface area contributed by atoms with Crippen LogP contribution in [0.1, 0.15) is 16.1 Å². The van der Waals surface area contributed by atoms with Gasteiger partial charge in [-0.15, -0.1) is 0 Å². The predicted molar refractivity (Wildman–Crippen MR) is 65.4 cm³/mol. The van der Waals surface area contributed by atoms with Crippen LogP contribution < -0.4 is 11.1 Å². The molecule has 0 radical (unpaired) electrons. The van der Waals surface area contributed by atoms with Crippen molar-refractivity contribution in [3.8, 4) is 0 Å². The molecule has 1 amide bonds. The molecule has 6 heteroatoms. The highest BCUT2D eigenvalue weighted by molar-refractivity contribution is 5.99. The molecule has 4 N–H and O–H groups in total. The number of nitrogens with two attached hydrogens (primary N) is 1. The number of carbonyl (C=O) groups excluding carboxylic acids is 1. The lowest BCUT2D eigenvalue weighted by Crippen LogP contribution is -2.26. The second kappa shape index (κ2) is 5.31. The molecule has 1 heterocycles. The number of nitrogens with one attached hydrogen (secondary N) is 2. The van der Waals surface area contributed by atoms with E-state index in [1.165, 1.54) is 18.2 Å². The predicted octanol–water partition coefficient (Wildman–Crippen LogP) is 1.10. The van der Waals surface area contributed by atoms with Gasteiger partial charge in [0.15, 0.2) is 0 Å². The zero-order valence-corrected chi connectivity index (χ0v) is 9.61. The van der Waals surface area contributed by atoms with Crippen LogP contribution >= 0.6 is 0 Å². The quantitative estimate of drug-likeness (QED) is 0.708. The summed E-state index contributed by atoms with van der Waals surface area (Å²) in [6.07, 6.45) is 3.88. The Morgan fingerprint density at radius 1 is 1.50 bits per heavy atom. The van der Waals surface area contributed by atoms with Crippen molar-refractivity contribution >= 4 is 11.6 Å². The highest BCUT2D eigenvalue weighted by Crippen LogP contribution is 2.15. The number of halogens is 1. The Balaban J connectivity index is 1.93. The van der Waals surface area contributed by atoms with Crippen molar-refractivity contribution in [3.63, 3.8) is 0 Å². The lowest BCUT2D eigenvalue weighted by molar-refractivity contribution is 0.0954. The maximum absolute atomic E-state index is 13.2. The fourth-order valence-electron chi connectivity index (χ4n) is 1.56. The molecule has 0 aliphatic rings. The van der Waals surface area contributed by atoms with Gasteiger partial charge in [0.25, 0.3) is 5.91 Å². The first kappa shape index (κ1) is 12.1. The molecule has 0 aliphatic carbocycles. The molecule has 0 aliphatic heterocycles. The van der Waals surface area contributed by atoms with E-state index in [-0.39, 0.29) is 17.2 Å². The summed E-state index contributed by atoms with van der Waals surface area (Å²) in [4.78, 5) is 18.6. The first-order valence-corrected chi connectivity index (χ1v) is 5.48. The van der Waals surface area contributed by atoms with E-state index in [1.807, 2.05) is 0 Å². The normalized spacial score (nSPS) is 10.3. The highest BCUT2D eigenvalue weighted by Gasteiger charge is 2.11. The minimum atomic E-state index is -0.587. The minimum absolute atomic E-state index is 0.128. The summed E-state index contributed by atoms with van der Waals surface area (Å²) in [5, 5.41) is 2.67. The van der Waals surface area contributed by atoms with Gasteiger partial charge in [0, 0.05) is 24.9 Å². The smallest absolute Gasteiger partial charge is 0.253 e. The van der Waals surface area contributed by atoms with E-state index in [1.54, 1.807) is 12.5 Å². The number of carbonyl (C=O) groups is 1. The van der Waals surface area contributed by atoms with Gasteiger partial charge in [0.2, 0.25) is 0 Å². The van der Waals surface area contributed by atoms with Crippen LogP contribution in [0.15, 0.2) is 30.7 Å². The lowest BCUT2D eigenvalue weighted by atomic mass is 10.1. The SMILES string of the molecule is Nc1c(F)cccc1C(=O)NCCc1cnc[nH]1. The van der Waals surface area contributed by atoms with Gasteiger partial charge in [0.1, 0.15) is 5.82 Å². The average molecular weight is 248 g/mol. The van der Waals surface area contributed by atoms with E-state index >= 15 is 0 Å². The number of benzene rings is 1. The second-order valence-electron chi connectivity index (χ2n) is 3.78. The van der Waals surface area contributed by atoms with Crippen molar-refractivity contribution in [2.24, 2.45) is 0 Å². The van der Waals surface area contributed by atoms with E-state index < -0.39 is 5.82 Å². The molecule has 0 atom stereocenters.